The normalized spacial score (nSPS) is 17.5. The average molecular weight is 574 g/mol. The third-order valence-corrected chi connectivity index (χ3v) is 10.2. The average Bonchev–Trinajstić information content (AvgIpc) is 3.41. The van der Waals surface area contributed by atoms with E-state index >= 15 is 0 Å². The smallest absolute Gasteiger partial charge is 0.268 e. The van der Waals surface area contributed by atoms with Crippen LogP contribution in [0.2, 0.25) is 0 Å². The fourth-order valence-electron chi connectivity index (χ4n) is 5.97. The second-order valence-corrected chi connectivity index (χ2v) is 13.0. The molecule has 0 atom stereocenters. The lowest BCUT2D eigenvalue weighted by Gasteiger charge is -2.38. The summed E-state index contributed by atoms with van der Waals surface area (Å²) in [6.45, 7) is 12.6. The fraction of sp³-hybridized carbons (Fsp3) is 0.406. The number of nitrogens with zero attached hydrogens (tertiary/aromatic N) is 5. The SMILES string of the molecule is CC(C)N1CCN(c2ccc(-c3nccc4c3cc(CCN3CCOCC3)n4S(=O)(=O)c3ccccc3)cc2)CC1. The molecule has 2 fully saturated rings. The summed E-state index contributed by atoms with van der Waals surface area (Å²) in [6.07, 6.45) is 2.33. The van der Waals surface area contributed by atoms with Crippen molar-refractivity contribution < 1.29 is 13.2 Å². The molecular formula is C32H39N5O3S. The van der Waals surface area contributed by atoms with Crippen molar-refractivity contribution in [1.82, 2.24) is 18.8 Å². The highest BCUT2D eigenvalue weighted by atomic mass is 32.2. The van der Waals surface area contributed by atoms with E-state index in [0.717, 1.165) is 68.2 Å². The van der Waals surface area contributed by atoms with Gasteiger partial charge < -0.3 is 9.64 Å². The first-order valence-corrected chi connectivity index (χ1v) is 16.1. The number of aromatic nitrogens is 2. The Hall–Kier alpha value is -3.24. The first-order chi connectivity index (χ1) is 19.9. The van der Waals surface area contributed by atoms with Crippen LogP contribution in [0.4, 0.5) is 5.69 Å². The number of pyridine rings is 1. The van der Waals surface area contributed by atoms with Crippen molar-refractivity contribution in [2.45, 2.75) is 31.2 Å². The van der Waals surface area contributed by atoms with Crippen LogP contribution in [0.3, 0.4) is 0 Å². The first-order valence-electron chi connectivity index (χ1n) is 14.6. The number of rotatable bonds is 8. The molecule has 4 heterocycles. The minimum atomic E-state index is -3.80. The molecule has 2 aliphatic heterocycles. The number of ether oxygens (including phenoxy) is 1. The van der Waals surface area contributed by atoms with Gasteiger partial charge in [-0.1, -0.05) is 30.3 Å². The molecule has 0 bridgehead atoms. The van der Waals surface area contributed by atoms with Crippen LogP contribution in [0.15, 0.2) is 77.8 Å². The zero-order valence-corrected chi connectivity index (χ0v) is 24.8. The molecule has 6 rings (SSSR count). The molecule has 0 saturated carbocycles. The maximum Gasteiger partial charge on any atom is 0.268 e. The zero-order chi connectivity index (χ0) is 28.4. The van der Waals surface area contributed by atoms with Crippen LogP contribution in [-0.2, 0) is 21.2 Å². The number of fused-ring (bicyclic) bond motifs is 1. The van der Waals surface area contributed by atoms with E-state index in [1.165, 1.54) is 9.66 Å². The van der Waals surface area contributed by atoms with Crippen LogP contribution < -0.4 is 4.90 Å². The van der Waals surface area contributed by atoms with E-state index in [-0.39, 0.29) is 4.90 Å². The van der Waals surface area contributed by atoms with Gasteiger partial charge in [-0.15, -0.1) is 0 Å². The number of anilines is 1. The zero-order valence-electron chi connectivity index (χ0n) is 23.9. The van der Waals surface area contributed by atoms with Gasteiger partial charge in [-0.3, -0.25) is 14.8 Å². The summed E-state index contributed by atoms with van der Waals surface area (Å²) in [5.41, 5.74) is 4.41. The monoisotopic (exact) mass is 573 g/mol. The molecule has 0 unspecified atom stereocenters. The summed E-state index contributed by atoms with van der Waals surface area (Å²) < 4.78 is 35.1. The van der Waals surface area contributed by atoms with Crippen molar-refractivity contribution in [3.05, 3.63) is 78.6 Å². The Morgan fingerprint density at radius 2 is 1.59 bits per heavy atom. The molecule has 0 aliphatic carbocycles. The molecule has 41 heavy (non-hydrogen) atoms. The van der Waals surface area contributed by atoms with E-state index in [2.05, 4.69) is 52.8 Å². The number of piperazine rings is 1. The highest BCUT2D eigenvalue weighted by molar-refractivity contribution is 7.90. The minimum Gasteiger partial charge on any atom is -0.379 e. The van der Waals surface area contributed by atoms with Crippen LogP contribution in [0.5, 0.6) is 0 Å². The Morgan fingerprint density at radius 1 is 0.878 bits per heavy atom. The molecule has 0 radical (unpaired) electrons. The van der Waals surface area contributed by atoms with E-state index in [1.807, 2.05) is 18.2 Å². The van der Waals surface area contributed by atoms with E-state index in [1.54, 1.807) is 30.5 Å². The minimum absolute atomic E-state index is 0.283. The summed E-state index contributed by atoms with van der Waals surface area (Å²) in [5.74, 6) is 0. The van der Waals surface area contributed by atoms with Gasteiger partial charge in [0.2, 0.25) is 0 Å². The molecule has 0 amide bonds. The van der Waals surface area contributed by atoms with Gasteiger partial charge >= 0.3 is 0 Å². The van der Waals surface area contributed by atoms with Crippen LogP contribution in [-0.4, -0.2) is 92.2 Å². The molecular weight excluding hydrogens is 534 g/mol. The van der Waals surface area contributed by atoms with Gasteiger partial charge in [0.25, 0.3) is 10.0 Å². The van der Waals surface area contributed by atoms with Crippen molar-refractivity contribution in [2.75, 3.05) is 63.9 Å². The summed E-state index contributed by atoms with van der Waals surface area (Å²) >= 11 is 0. The highest BCUT2D eigenvalue weighted by Crippen LogP contribution is 2.33. The third kappa shape index (κ3) is 5.77. The van der Waals surface area contributed by atoms with Crippen molar-refractivity contribution in [1.29, 1.82) is 0 Å². The summed E-state index contributed by atoms with van der Waals surface area (Å²) in [5, 5.41) is 0.849. The van der Waals surface area contributed by atoms with Crippen molar-refractivity contribution >= 4 is 26.6 Å². The standard InChI is InChI=1S/C32H39N5O3S/c1-25(2)35-16-18-36(19-17-35)27-10-8-26(9-11-27)32-30-24-28(13-15-34-20-22-40-23-21-34)37(31(30)12-14-33-32)41(38,39)29-6-4-3-5-7-29/h3-12,14,24-25H,13,15-23H2,1-2H3. The van der Waals surface area contributed by atoms with Crippen LogP contribution in [0, 0.1) is 0 Å². The molecule has 0 spiro atoms. The van der Waals surface area contributed by atoms with E-state index < -0.39 is 10.0 Å². The number of hydrogen-bond donors (Lipinski definition) is 0. The Balaban J connectivity index is 1.35. The molecule has 8 nitrogen and oxygen atoms in total. The lowest BCUT2D eigenvalue weighted by molar-refractivity contribution is 0.0383. The molecule has 2 saturated heterocycles. The first kappa shape index (κ1) is 27.9. The van der Waals surface area contributed by atoms with Gasteiger partial charge in [-0.05, 0) is 50.2 Å². The van der Waals surface area contributed by atoms with E-state index in [0.29, 0.717) is 31.2 Å². The van der Waals surface area contributed by atoms with Gasteiger partial charge in [-0.25, -0.2) is 12.4 Å². The lowest BCUT2D eigenvalue weighted by atomic mass is 10.1. The molecule has 0 N–H and O–H groups in total. The van der Waals surface area contributed by atoms with Crippen molar-refractivity contribution in [3.8, 4) is 11.3 Å². The molecule has 2 aromatic carbocycles. The summed E-state index contributed by atoms with van der Waals surface area (Å²) in [6, 6.07) is 21.7. The van der Waals surface area contributed by atoms with E-state index in [4.69, 9.17) is 9.72 Å². The van der Waals surface area contributed by atoms with Gasteiger partial charge in [0.05, 0.1) is 29.3 Å². The summed E-state index contributed by atoms with van der Waals surface area (Å²) in [4.78, 5) is 12.3. The topological polar surface area (TPSA) is 70.9 Å². The van der Waals surface area contributed by atoms with Crippen LogP contribution in [0.25, 0.3) is 22.2 Å². The van der Waals surface area contributed by atoms with Crippen LogP contribution in [0.1, 0.15) is 19.5 Å². The fourth-order valence-corrected chi connectivity index (χ4v) is 7.55. The molecule has 2 aromatic heterocycles. The number of hydrogen-bond acceptors (Lipinski definition) is 7. The van der Waals surface area contributed by atoms with Crippen LogP contribution >= 0.6 is 0 Å². The predicted octanol–water partition coefficient (Wildman–Crippen LogP) is 4.35. The van der Waals surface area contributed by atoms with Gasteiger partial charge in [0, 0.05) is 86.8 Å². The van der Waals surface area contributed by atoms with Gasteiger partial charge in [-0.2, -0.15) is 0 Å². The van der Waals surface area contributed by atoms with Crippen molar-refractivity contribution in [3.63, 3.8) is 0 Å². The largest absolute Gasteiger partial charge is 0.379 e. The quantitative estimate of drug-likeness (QED) is 0.311. The predicted molar refractivity (Wildman–Crippen MR) is 164 cm³/mol. The maximum atomic E-state index is 14.0. The highest BCUT2D eigenvalue weighted by Gasteiger charge is 2.25. The Morgan fingerprint density at radius 3 is 2.27 bits per heavy atom. The second kappa shape index (κ2) is 11.9. The summed E-state index contributed by atoms with van der Waals surface area (Å²) in [7, 11) is -3.80. The molecule has 4 aromatic rings. The second-order valence-electron chi connectivity index (χ2n) is 11.2. The lowest BCUT2D eigenvalue weighted by Crippen LogP contribution is -2.48. The van der Waals surface area contributed by atoms with Gasteiger partial charge in [0.1, 0.15) is 0 Å². The molecule has 216 valence electrons. The maximum absolute atomic E-state index is 14.0. The molecule has 9 heteroatoms. The van der Waals surface area contributed by atoms with Crippen molar-refractivity contribution in [2.24, 2.45) is 0 Å². The van der Waals surface area contributed by atoms with Gasteiger partial charge in [0.15, 0.2) is 0 Å². The number of benzene rings is 2. The Kier molecular flexibility index (Phi) is 8.12. The number of morpholine rings is 1. The Labute approximate surface area is 243 Å². The molecule has 2 aliphatic rings. The van der Waals surface area contributed by atoms with E-state index in [9.17, 15) is 8.42 Å². The third-order valence-electron chi connectivity index (χ3n) is 8.38. The Bertz CT molecular complexity index is 1570.